The van der Waals surface area contributed by atoms with E-state index in [4.69, 9.17) is 4.74 Å². The summed E-state index contributed by atoms with van der Waals surface area (Å²) in [4.78, 5) is 18.9. The summed E-state index contributed by atoms with van der Waals surface area (Å²) in [7, 11) is 0. The van der Waals surface area contributed by atoms with Gasteiger partial charge in [-0.25, -0.2) is 4.98 Å². The van der Waals surface area contributed by atoms with Crippen LogP contribution in [-0.4, -0.2) is 21.9 Å². The Hall–Kier alpha value is -3.12. The molecule has 0 saturated heterocycles. The Morgan fingerprint density at radius 3 is 2.81 bits per heavy atom. The smallest absolute Gasteiger partial charge is 0.262 e. The van der Waals surface area contributed by atoms with Crippen LogP contribution in [0.1, 0.15) is 4.88 Å². The first-order chi connectivity index (χ1) is 12.7. The fraction of sp³-hybridized carbons (Fsp3) is 0.100. The lowest BCUT2D eigenvalue weighted by molar-refractivity contribution is -0.118. The van der Waals surface area contributed by atoms with Crippen LogP contribution in [0.2, 0.25) is 0 Å². The van der Waals surface area contributed by atoms with Crippen LogP contribution in [-0.2, 0) is 4.79 Å². The molecule has 0 atom stereocenters. The Balaban J connectivity index is 1.45. The fourth-order valence-corrected chi connectivity index (χ4v) is 3.48. The van der Waals surface area contributed by atoms with Gasteiger partial charge < -0.3 is 10.1 Å². The highest BCUT2D eigenvalue weighted by Crippen LogP contribution is 2.25. The second-order valence-electron chi connectivity index (χ2n) is 5.89. The number of thiazole rings is 1. The molecule has 6 heteroatoms. The Morgan fingerprint density at radius 1 is 1.15 bits per heavy atom. The molecule has 4 rings (SSSR count). The van der Waals surface area contributed by atoms with E-state index in [1.165, 1.54) is 4.88 Å². The number of nitrogens with zero attached hydrogens (tertiary/aromatic N) is 2. The van der Waals surface area contributed by atoms with E-state index in [1.807, 2.05) is 65.2 Å². The van der Waals surface area contributed by atoms with Crippen LogP contribution in [0, 0.1) is 6.92 Å². The van der Waals surface area contributed by atoms with E-state index >= 15 is 0 Å². The standard InChI is InChI=1S/C20H17N3O2S/c1-14-11-23-12-18(22-20(23)26-14)15-6-5-7-16(10-15)21-19(24)13-25-17-8-3-2-4-9-17/h2-12H,13H2,1H3,(H,21,24). The van der Waals surface area contributed by atoms with Gasteiger partial charge in [-0.2, -0.15) is 0 Å². The predicted octanol–water partition coefficient (Wildman–Crippen LogP) is 4.39. The van der Waals surface area contributed by atoms with Crippen LogP contribution >= 0.6 is 11.3 Å². The number of rotatable bonds is 5. The first kappa shape index (κ1) is 16.4. The van der Waals surface area contributed by atoms with Crippen LogP contribution in [0.5, 0.6) is 5.75 Å². The van der Waals surface area contributed by atoms with Crippen LogP contribution < -0.4 is 10.1 Å². The summed E-state index contributed by atoms with van der Waals surface area (Å²) < 4.78 is 7.49. The van der Waals surface area contributed by atoms with E-state index < -0.39 is 0 Å². The zero-order chi connectivity index (χ0) is 17.9. The normalized spacial score (nSPS) is 10.8. The molecular weight excluding hydrogens is 346 g/mol. The average molecular weight is 363 g/mol. The summed E-state index contributed by atoms with van der Waals surface area (Å²) in [6.45, 7) is 2.03. The number of para-hydroxylation sites is 1. The molecule has 5 nitrogen and oxygen atoms in total. The molecule has 130 valence electrons. The van der Waals surface area contributed by atoms with Crippen molar-refractivity contribution < 1.29 is 9.53 Å². The minimum Gasteiger partial charge on any atom is -0.484 e. The zero-order valence-electron chi connectivity index (χ0n) is 14.2. The molecule has 0 fully saturated rings. The molecule has 0 aliphatic carbocycles. The molecule has 26 heavy (non-hydrogen) atoms. The maximum absolute atomic E-state index is 12.1. The molecule has 0 unspecified atom stereocenters. The number of hydrogen-bond acceptors (Lipinski definition) is 4. The Kier molecular flexibility index (Phi) is 4.41. The van der Waals surface area contributed by atoms with E-state index in [0.717, 1.165) is 21.9 Å². The molecular formula is C20H17N3O2S. The van der Waals surface area contributed by atoms with Crippen molar-refractivity contribution in [3.63, 3.8) is 0 Å². The van der Waals surface area contributed by atoms with Crippen LogP contribution in [0.3, 0.4) is 0 Å². The van der Waals surface area contributed by atoms with Gasteiger partial charge in [-0.15, -0.1) is 11.3 Å². The van der Waals surface area contributed by atoms with Crippen molar-refractivity contribution in [3.8, 4) is 17.0 Å². The van der Waals surface area contributed by atoms with Crippen LogP contribution in [0.4, 0.5) is 5.69 Å². The third-order valence-electron chi connectivity index (χ3n) is 3.83. The summed E-state index contributed by atoms with van der Waals surface area (Å²) in [6, 6.07) is 16.9. The highest BCUT2D eigenvalue weighted by atomic mass is 32.1. The fourth-order valence-electron chi connectivity index (χ4n) is 2.67. The summed E-state index contributed by atoms with van der Waals surface area (Å²) in [5.74, 6) is 0.470. The zero-order valence-corrected chi connectivity index (χ0v) is 15.0. The molecule has 2 heterocycles. The van der Waals surface area contributed by atoms with Crippen molar-refractivity contribution >= 4 is 27.9 Å². The number of aromatic nitrogens is 2. The first-order valence-corrected chi connectivity index (χ1v) is 9.02. The van der Waals surface area contributed by atoms with E-state index in [0.29, 0.717) is 5.75 Å². The summed E-state index contributed by atoms with van der Waals surface area (Å²) in [6.07, 6.45) is 4.06. The number of fused-ring (bicyclic) bond motifs is 1. The van der Waals surface area contributed by atoms with Gasteiger partial charge in [0.15, 0.2) is 11.6 Å². The number of benzene rings is 2. The van der Waals surface area contributed by atoms with Gasteiger partial charge >= 0.3 is 0 Å². The molecule has 0 saturated carbocycles. The van der Waals surface area contributed by atoms with Crippen molar-refractivity contribution in [2.24, 2.45) is 0 Å². The van der Waals surface area contributed by atoms with Gasteiger partial charge in [-0.3, -0.25) is 9.20 Å². The second kappa shape index (κ2) is 7.01. The Bertz CT molecular complexity index is 1020. The third kappa shape index (κ3) is 3.60. The molecule has 0 radical (unpaired) electrons. The number of amides is 1. The molecule has 0 aliphatic rings. The Morgan fingerprint density at radius 2 is 2.00 bits per heavy atom. The SMILES string of the molecule is Cc1cn2cc(-c3cccc(NC(=O)COc4ccccc4)c3)nc2s1. The number of hydrogen-bond donors (Lipinski definition) is 1. The lowest BCUT2D eigenvalue weighted by Crippen LogP contribution is -2.20. The maximum atomic E-state index is 12.1. The molecule has 4 aromatic rings. The van der Waals surface area contributed by atoms with Crippen molar-refractivity contribution in [1.82, 2.24) is 9.38 Å². The summed E-state index contributed by atoms with van der Waals surface area (Å²) in [5.41, 5.74) is 2.56. The number of ether oxygens (including phenoxy) is 1. The van der Waals surface area contributed by atoms with Crippen molar-refractivity contribution in [1.29, 1.82) is 0 Å². The molecule has 0 aliphatic heterocycles. The summed E-state index contributed by atoms with van der Waals surface area (Å²) in [5, 5.41) is 2.86. The van der Waals surface area contributed by atoms with Crippen LogP contribution in [0.15, 0.2) is 67.0 Å². The van der Waals surface area contributed by atoms with Crippen molar-refractivity contribution in [3.05, 3.63) is 71.9 Å². The van der Waals surface area contributed by atoms with Gasteiger partial charge in [-0.05, 0) is 31.2 Å². The number of carbonyl (C=O) groups is 1. The minimum absolute atomic E-state index is 0.0340. The number of nitrogens with one attached hydrogen (secondary N) is 1. The van der Waals surface area contributed by atoms with Crippen LogP contribution in [0.25, 0.3) is 16.2 Å². The molecule has 0 spiro atoms. The van der Waals surface area contributed by atoms with Gasteiger partial charge in [0.25, 0.3) is 5.91 Å². The van der Waals surface area contributed by atoms with Gasteiger partial charge in [0.2, 0.25) is 0 Å². The van der Waals surface area contributed by atoms with E-state index in [9.17, 15) is 4.79 Å². The number of aryl methyl sites for hydroxylation is 1. The monoisotopic (exact) mass is 363 g/mol. The van der Waals surface area contributed by atoms with Gasteiger partial charge in [-0.1, -0.05) is 30.3 Å². The lowest BCUT2D eigenvalue weighted by Gasteiger charge is -2.08. The van der Waals surface area contributed by atoms with Gasteiger partial charge in [0, 0.05) is 28.5 Å². The highest BCUT2D eigenvalue weighted by Gasteiger charge is 2.09. The molecule has 1 N–H and O–H groups in total. The number of anilines is 1. The molecule has 2 aromatic carbocycles. The molecule has 1 amide bonds. The number of carbonyl (C=O) groups excluding carboxylic acids is 1. The topological polar surface area (TPSA) is 55.6 Å². The first-order valence-electron chi connectivity index (χ1n) is 8.21. The second-order valence-corrected chi connectivity index (χ2v) is 7.10. The predicted molar refractivity (Wildman–Crippen MR) is 104 cm³/mol. The van der Waals surface area contributed by atoms with E-state index in [1.54, 1.807) is 11.3 Å². The molecule has 0 bridgehead atoms. The minimum atomic E-state index is -0.201. The van der Waals surface area contributed by atoms with Gasteiger partial charge in [0.1, 0.15) is 5.75 Å². The largest absolute Gasteiger partial charge is 0.484 e. The highest BCUT2D eigenvalue weighted by molar-refractivity contribution is 7.17. The van der Waals surface area contributed by atoms with Gasteiger partial charge in [0.05, 0.1) is 5.69 Å². The molecule has 2 aromatic heterocycles. The van der Waals surface area contributed by atoms with Crippen molar-refractivity contribution in [2.45, 2.75) is 6.92 Å². The summed E-state index contributed by atoms with van der Waals surface area (Å²) >= 11 is 1.65. The lowest BCUT2D eigenvalue weighted by atomic mass is 10.1. The van der Waals surface area contributed by atoms with Crippen molar-refractivity contribution in [2.75, 3.05) is 11.9 Å². The van der Waals surface area contributed by atoms with E-state index in [2.05, 4.69) is 23.4 Å². The average Bonchev–Trinajstić information content (AvgIpc) is 3.18. The third-order valence-corrected chi connectivity index (χ3v) is 4.74. The quantitative estimate of drug-likeness (QED) is 0.572. The maximum Gasteiger partial charge on any atom is 0.262 e. The van der Waals surface area contributed by atoms with E-state index in [-0.39, 0.29) is 12.5 Å². The Labute approximate surface area is 154 Å². The number of imidazole rings is 1.